The van der Waals surface area contributed by atoms with E-state index in [1.165, 1.54) is 6.20 Å². The van der Waals surface area contributed by atoms with Crippen molar-refractivity contribution in [1.29, 1.82) is 0 Å². The molecule has 0 saturated heterocycles. The van der Waals surface area contributed by atoms with Gasteiger partial charge in [0.15, 0.2) is 0 Å². The van der Waals surface area contributed by atoms with Gasteiger partial charge in [-0.05, 0) is 36.4 Å². The topological polar surface area (TPSA) is 42.4 Å². The summed E-state index contributed by atoms with van der Waals surface area (Å²) in [6.45, 7) is 0.869. The van der Waals surface area contributed by atoms with Gasteiger partial charge in [0.05, 0.1) is 6.54 Å². The SMILES string of the molecule is CN(CCOc1ccc(Br)cc1)C(=O)c1cc(Cl)ccn1. The molecule has 0 fully saturated rings. The second kappa shape index (κ2) is 7.43. The molecule has 6 heteroatoms. The molecule has 110 valence electrons. The summed E-state index contributed by atoms with van der Waals surface area (Å²) in [7, 11) is 1.70. The Morgan fingerprint density at radius 2 is 2.05 bits per heavy atom. The lowest BCUT2D eigenvalue weighted by Crippen LogP contribution is -2.31. The summed E-state index contributed by atoms with van der Waals surface area (Å²) in [4.78, 5) is 17.7. The van der Waals surface area contributed by atoms with Crippen molar-refractivity contribution in [3.63, 3.8) is 0 Å². The lowest BCUT2D eigenvalue weighted by molar-refractivity contribution is 0.0768. The first-order valence-corrected chi connectivity index (χ1v) is 7.49. The number of pyridine rings is 1. The van der Waals surface area contributed by atoms with Crippen LogP contribution >= 0.6 is 27.5 Å². The van der Waals surface area contributed by atoms with Crippen molar-refractivity contribution in [1.82, 2.24) is 9.88 Å². The molecule has 4 nitrogen and oxygen atoms in total. The van der Waals surface area contributed by atoms with Gasteiger partial charge in [0.25, 0.3) is 5.91 Å². The largest absolute Gasteiger partial charge is 0.492 e. The fourth-order valence-corrected chi connectivity index (χ4v) is 2.07. The van der Waals surface area contributed by atoms with Crippen molar-refractivity contribution in [2.24, 2.45) is 0 Å². The highest BCUT2D eigenvalue weighted by Crippen LogP contribution is 2.16. The number of hydrogen-bond acceptors (Lipinski definition) is 3. The first-order chi connectivity index (χ1) is 10.1. The summed E-state index contributed by atoms with van der Waals surface area (Å²) >= 11 is 9.21. The minimum atomic E-state index is -0.183. The van der Waals surface area contributed by atoms with E-state index in [2.05, 4.69) is 20.9 Å². The van der Waals surface area contributed by atoms with Gasteiger partial charge < -0.3 is 9.64 Å². The van der Waals surface area contributed by atoms with E-state index in [0.717, 1.165) is 10.2 Å². The average Bonchev–Trinajstić information content (AvgIpc) is 2.48. The molecule has 0 bridgehead atoms. The quantitative estimate of drug-likeness (QED) is 0.808. The number of ether oxygens (including phenoxy) is 1. The fraction of sp³-hybridized carbons (Fsp3) is 0.200. The van der Waals surface area contributed by atoms with E-state index in [1.807, 2.05) is 24.3 Å². The Kier molecular flexibility index (Phi) is 5.59. The minimum absolute atomic E-state index is 0.183. The molecule has 0 saturated carbocycles. The molecule has 2 aromatic rings. The van der Waals surface area contributed by atoms with E-state index in [-0.39, 0.29) is 5.91 Å². The zero-order valence-corrected chi connectivity index (χ0v) is 13.8. The molecule has 0 spiro atoms. The van der Waals surface area contributed by atoms with Crippen LogP contribution in [0.5, 0.6) is 5.75 Å². The van der Waals surface area contributed by atoms with Gasteiger partial charge in [0.1, 0.15) is 18.1 Å². The predicted octanol–water partition coefficient (Wildman–Crippen LogP) is 3.65. The number of hydrogen-bond donors (Lipinski definition) is 0. The lowest BCUT2D eigenvalue weighted by atomic mass is 10.3. The van der Waals surface area contributed by atoms with Gasteiger partial charge in [-0.3, -0.25) is 9.78 Å². The number of carbonyl (C=O) groups is 1. The monoisotopic (exact) mass is 368 g/mol. The Hall–Kier alpha value is -1.59. The summed E-state index contributed by atoms with van der Waals surface area (Å²) in [6, 6.07) is 10.7. The van der Waals surface area contributed by atoms with Crippen molar-refractivity contribution in [2.45, 2.75) is 0 Å². The number of nitrogens with zero attached hydrogens (tertiary/aromatic N) is 2. The molecule has 0 aliphatic heterocycles. The molecule has 0 aliphatic rings. The maximum Gasteiger partial charge on any atom is 0.272 e. The molecular weight excluding hydrogens is 356 g/mol. The van der Waals surface area contributed by atoms with Crippen LogP contribution in [-0.2, 0) is 0 Å². The molecule has 0 unspecified atom stereocenters. The van der Waals surface area contributed by atoms with Gasteiger partial charge in [-0.1, -0.05) is 27.5 Å². The van der Waals surface area contributed by atoms with Gasteiger partial charge in [0, 0.05) is 22.7 Å². The normalized spacial score (nSPS) is 10.2. The Labute approximate surface area is 136 Å². The van der Waals surface area contributed by atoms with Crippen LogP contribution in [0.15, 0.2) is 47.1 Å². The highest BCUT2D eigenvalue weighted by atomic mass is 79.9. The third-order valence-electron chi connectivity index (χ3n) is 2.80. The average molecular weight is 370 g/mol. The molecular formula is C15H14BrClN2O2. The van der Waals surface area contributed by atoms with E-state index >= 15 is 0 Å². The molecule has 2 rings (SSSR count). The highest BCUT2D eigenvalue weighted by Gasteiger charge is 2.13. The number of halogens is 2. The Balaban J connectivity index is 1.85. The van der Waals surface area contributed by atoms with Crippen LogP contribution in [0.4, 0.5) is 0 Å². The number of benzene rings is 1. The summed E-state index contributed by atoms with van der Waals surface area (Å²) in [5.74, 6) is 0.580. The summed E-state index contributed by atoms with van der Waals surface area (Å²) in [5.41, 5.74) is 0.327. The van der Waals surface area contributed by atoms with Crippen molar-refractivity contribution in [2.75, 3.05) is 20.2 Å². The molecule has 0 atom stereocenters. The third-order valence-corrected chi connectivity index (χ3v) is 3.56. The van der Waals surface area contributed by atoms with Gasteiger partial charge >= 0.3 is 0 Å². The second-order valence-corrected chi connectivity index (χ2v) is 5.74. The first-order valence-electron chi connectivity index (χ1n) is 6.31. The standard InChI is InChI=1S/C15H14BrClN2O2/c1-19(15(20)14-10-12(17)6-7-18-14)8-9-21-13-4-2-11(16)3-5-13/h2-7,10H,8-9H2,1H3. The third kappa shape index (κ3) is 4.72. The Bertz CT molecular complexity index is 619. The van der Waals surface area contributed by atoms with Crippen LogP contribution in [0.3, 0.4) is 0 Å². The maximum absolute atomic E-state index is 12.1. The van der Waals surface area contributed by atoms with E-state index in [1.54, 1.807) is 24.1 Å². The van der Waals surface area contributed by atoms with Crippen LogP contribution in [0.1, 0.15) is 10.5 Å². The lowest BCUT2D eigenvalue weighted by Gasteiger charge is -2.17. The van der Waals surface area contributed by atoms with E-state index in [9.17, 15) is 4.79 Å². The van der Waals surface area contributed by atoms with Gasteiger partial charge in [-0.15, -0.1) is 0 Å². The minimum Gasteiger partial charge on any atom is -0.492 e. The smallest absolute Gasteiger partial charge is 0.272 e. The first kappa shape index (κ1) is 15.8. The van der Waals surface area contributed by atoms with Crippen molar-refractivity contribution < 1.29 is 9.53 Å². The van der Waals surface area contributed by atoms with Gasteiger partial charge in [-0.2, -0.15) is 0 Å². The molecule has 1 aromatic carbocycles. The molecule has 1 heterocycles. The van der Waals surface area contributed by atoms with E-state index in [0.29, 0.717) is 23.9 Å². The zero-order chi connectivity index (χ0) is 15.2. The van der Waals surface area contributed by atoms with Crippen molar-refractivity contribution >= 4 is 33.4 Å². The number of aromatic nitrogens is 1. The molecule has 1 aromatic heterocycles. The Morgan fingerprint density at radius 1 is 1.33 bits per heavy atom. The highest BCUT2D eigenvalue weighted by molar-refractivity contribution is 9.10. The van der Waals surface area contributed by atoms with Crippen LogP contribution in [0, 0.1) is 0 Å². The van der Waals surface area contributed by atoms with Crippen LogP contribution in [0.2, 0.25) is 5.02 Å². The van der Waals surface area contributed by atoms with E-state index < -0.39 is 0 Å². The number of amides is 1. The molecule has 0 radical (unpaired) electrons. The Morgan fingerprint density at radius 3 is 2.71 bits per heavy atom. The number of rotatable bonds is 5. The fourth-order valence-electron chi connectivity index (χ4n) is 1.65. The van der Waals surface area contributed by atoms with E-state index in [4.69, 9.17) is 16.3 Å². The zero-order valence-electron chi connectivity index (χ0n) is 11.4. The van der Waals surface area contributed by atoms with Gasteiger partial charge in [-0.25, -0.2) is 0 Å². The maximum atomic E-state index is 12.1. The molecule has 1 amide bonds. The number of likely N-dealkylation sites (N-methyl/N-ethyl adjacent to an activating group) is 1. The van der Waals surface area contributed by atoms with Crippen LogP contribution < -0.4 is 4.74 Å². The molecule has 21 heavy (non-hydrogen) atoms. The molecule has 0 N–H and O–H groups in total. The van der Waals surface area contributed by atoms with Crippen molar-refractivity contribution in [3.05, 3.63) is 57.8 Å². The summed E-state index contributed by atoms with van der Waals surface area (Å²) < 4.78 is 6.57. The van der Waals surface area contributed by atoms with Crippen LogP contribution in [-0.4, -0.2) is 36.0 Å². The molecule has 0 aliphatic carbocycles. The van der Waals surface area contributed by atoms with Crippen molar-refractivity contribution in [3.8, 4) is 5.75 Å². The van der Waals surface area contributed by atoms with Gasteiger partial charge in [0.2, 0.25) is 0 Å². The number of carbonyl (C=O) groups excluding carboxylic acids is 1. The summed E-state index contributed by atoms with van der Waals surface area (Å²) in [6.07, 6.45) is 1.52. The van der Waals surface area contributed by atoms with Crippen LogP contribution in [0.25, 0.3) is 0 Å². The summed E-state index contributed by atoms with van der Waals surface area (Å²) in [5, 5.41) is 0.493. The predicted molar refractivity (Wildman–Crippen MR) is 85.8 cm³/mol. The second-order valence-electron chi connectivity index (χ2n) is 4.39.